The van der Waals surface area contributed by atoms with E-state index in [1.165, 1.54) is 0 Å². The zero-order valence-electron chi connectivity index (χ0n) is 7.58. The molecule has 3 nitrogen and oxygen atoms in total. The average molecular weight is 196 g/mol. The highest BCUT2D eigenvalue weighted by Crippen LogP contribution is 2.14. The summed E-state index contributed by atoms with van der Waals surface area (Å²) in [5, 5.41) is 4.77. The lowest BCUT2D eigenvalue weighted by atomic mass is 10.3. The Hall–Kier alpha value is -1.09. The molecule has 0 aliphatic heterocycles. The van der Waals surface area contributed by atoms with Gasteiger partial charge in [-0.2, -0.15) is 5.10 Å². The van der Waals surface area contributed by atoms with Crippen molar-refractivity contribution in [2.45, 2.75) is 20.3 Å². The molecule has 2 rings (SSSR count). The molecule has 0 aliphatic carbocycles. The van der Waals surface area contributed by atoms with Crippen molar-refractivity contribution in [3.05, 3.63) is 28.7 Å². The minimum absolute atomic E-state index is 0.542. The van der Waals surface area contributed by atoms with Gasteiger partial charge in [-0.1, -0.05) is 18.5 Å². The molecule has 2 aromatic heterocycles. The van der Waals surface area contributed by atoms with Gasteiger partial charge in [-0.3, -0.25) is 0 Å². The number of aryl methyl sites for hydroxylation is 2. The summed E-state index contributed by atoms with van der Waals surface area (Å²) in [6.07, 6.45) is 2.74. The largest absolute Gasteiger partial charge is 0.235 e. The van der Waals surface area contributed by atoms with Gasteiger partial charge in [-0.05, 0) is 25.0 Å². The van der Waals surface area contributed by atoms with E-state index in [0.717, 1.165) is 23.3 Å². The Bertz CT molecular complexity index is 447. The number of rotatable bonds is 1. The number of fused-ring (bicyclic) bond motifs is 1. The van der Waals surface area contributed by atoms with Crippen molar-refractivity contribution in [3.8, 4) is 0 Å². The van der Waals surface area contributed by atoms with Crippen LogP contribution in [0, 0.1) is 6.92 Å². The van der Waals surface area contributed by atoms with E-state index in [9.17, 15) is 0 Å². The molecule has 13 heavy (non-hydrogen) atoms. The number of hydrogen-bond donors (Lipinski definition) is 0. The van der Waals surface area contributed by atoms with E-state index >= 15 is 0 Å². The second-order valence-corrected chi connectivity index (χ2v) is 3.35. The van der Waals surface area contributed by atoms with Crippen LogP contribution in [0.15, 0.2) is 12.3 Å². The average Bonchev–Trinajstić information content (AvgIpc) is 2.48. The lowest BCUT2D eigenvalue weighted by Gasteiger charge is -2.00. The molecule has 0 radical (unpaired) electrons. The molecule has 0 aromatic carbocycles. The van der Waals surface area contributed by atoms with Crippen LogP contribution >= 0.6 is 11.6 Å². The molecular weight excluding hydrogens is 186 g/mol. The maximum Gasteiger partial charge on any atom is 0.154 e. The number of hydrogen-bond acceptors (Lipinski definition) is 2. The lowest BCUT2D eigenvalue weighted by Crippen LogP contribution is -1.97. The topological polar surface area (TPSA) is 30.2 Å². The van der Waals surface area contributed by atoms with E-state index < -0.39 is 0 Å². The maximum absolute atomic E-state index is 5.91. The molecule has 2 aromatic rings. The summed E-state index contributed by atoms with van der Waals surface area (Å²) in [6, 6.07) is 1.94. The van der Waals surface area contributed by atoms with Gasteiger partial charge in [0, 0.05) is 0 Å². The monoisotopic (exact) mass is 195 g/mol. The lowest BCUT2D eigenvalue weighted by molar-refractivity contribution is 0.854. The van der Waals surface area contributed by atoms with Crippen molar-refractivity contribution in [2.24, 2.45) is 0 Å². The first-order valence-electron chi connectivity index (χ1n) is 4.22. The Labute approximate surface area is 81.4 Å². The number of imidazole rings is 1. The van der Waals surface area contributed by atoms with E-state index in [2.05, 4.69) is 17.0 Å². The van der Waals surface area contributed by atoms with Gasteiger partial charge in [-0.25, -0.2) is 9.50 Å². The molecule has 0 amide bonds. The third kappa shape index (κ3) is 1.29. The van der Waals surface area contributed by atoms with Crippen LogP contribution in [0.5, 0.6) is 0 Å². The smallest absolute Gasteiger partial charge is 0.154 e. The van der Waals surface area contributed by atoms with Gasteiger partial charge >= 0.3 is 0 Å². The summed E-state index contributed by atoms with van der Waals surface area (Å²) in [5.74, 6) is 0. The molecule has 0 fully saturated rings. The molecule has 2 heterocycles. The third-order valence-corrected chi connectivity index (χ3v) is 2.43. The molecule has 68 valence electrons. The Morgan fingerprint density at radius 3 is 3.00 bits per heavy atom. The molecule has 0 spiro atoms. The van der Waals surface area contributed by atoms with Crippen LogP contribution < -0.4 is 0 Å². The molecule has 0 aliphatic rings. The molecule has 0 N–H and O–H groups in total. The van der Waals surface area contributed by atoms with Gasteiger partial charge in [-0.15, -0.1) is 0 Å². The summed E-state index contributed by atoms with van der Waals surface area (Å²) in [7, 11) is 0. The second-order valence-electron chi connectivity index (χ2n) is 2.99. The van der Waals surface area contributed by atoms with Crippen LogP contribution in [0.4, 0.5) is 0 Å². The Kier molecular flexibility index (Phi) is 1.96. The van der Waals surface area contributed by atoms with E-state index in [4.69, 9.17) is 11.6 Å². The fourth-order valence-electron chi connectivity index (χ4n) is 1.27. The van der Waals surface area contributed by atoms with Crippen LogP contribution in [-0.2, 0) is 6.42 Å². The molecule has 0 saturated heterocycles. The highest BCUT2D eigenvalue weighted by atomic mass is 35.5. The van der Waals surface area contributed by atoms with Gasteiger partial charge in [0.15, 0.2) is 10.8 Å². The maximum atomic E-state index is 5.91. The fourth-order valence-corrected chi connectivity index (χ4v) is 1.40. The predicted molar refractivity (Wildman–Crippen MR) is 52.1 cm³/mol. The van der Waals surface area contributed by atoms with E-state index in [0.29, 0.717) is 5.15 Å². The molecule has 0 saturated carbocycles. The van der Waals surface area contributed by atoms with Crippen molar-refractivity contribution in [1.29, 1.82) is 0 Å². The number of nitrogens with zero attached hydrogens (tertiary/aromatic N) is 3. The van der Waals surface area contributed by atoms with Crippen molar-refractivity contribution < 1.29 is 0 Å². The van der Waals surface area contributed by atoms with Crippen LogP contribution in [-0.4, -0.2) is 14.6 Å². The van der Waals surface area contributed by atoms with Gasteiger partial charge in [0.25, 0.3) is 0 Å². The zero-order chi connectivity index (χ0) is 9.42. The van der Waals surface area contributed by atoms with Crippen LogP contribution in [0.25, 0.3) is 5.65 Å². The summed E-state index contributed by atoms with van der Waals surface area (Å²) in [6.45, 7) is 3.99. The van der Waals surface area contributed by atoms with Gasteiger partial charge < -0.3 is 0 Å². The van der Waals surface area contributed by atoms with Gasteiger partial charge in [0.05, 0.1) is 11.9 Å². The molecule has 0 atom stereocenters. The highest BCUT2D eigenvalue weighted by Gasteiger charge is 2.05. The fraction of sp³-hybridized carbons (Fsp3) is 0.333. The van der Waals surface area contributed by atoms with Gasteiger partial charge in [0.2, 0.25) is 0 Å². The van der Waals surface area contributed by atoms with Crippen LogP contribution in [0.1, 0.15) is 18.2 Å². The molecular formula is C9H10ClN3. The Morgan fingerprint density at radius 1 is 1.54 bits per heavy atom. The predicted octanol–water partition coefficient (Wildman–Crippen LogP) is 2.25. The minimum atomic E-state index is 0.542. The number of halogens is 1. The summed E-state index contributed by atoms with van der Waals surface area (Å²) in [5.41, 5.74) is 2.90. The van der Waals surface area contributed by atoms with Crippen molar-refractivity contribution in [3.63, 3.8) is 0 Å². The van der Waals surface area contributed by atoms with Gasteiger partial charge in [0.1, 0.15) is 0 Å². The normalized spacial score (nSPS) is 11.0. The minimum Gasteiger partial charge on any atom is -0.235 e. The Balaban J connectivity index is 2.77. The van der Waals surface area contributed by atoms with E-state index in [1.54, 1.807) is 4.52 Å². The SMILES string of the molecule is CCc1cnc2cc(C)c(Cl)nn12. The van der Waals surface area contributed by atoms with Crippen LogP contribution in [0.3, 0.4) is 0 Å². The standard InChI is InChI=1S/C9H10ClN3/c1-3-7-5-11-8-4-6(2)9(10)12-13(7)8/h4-5H,3H2,1-2H3. The first kappa shape index (κ1) is 8.51. The highest BCUT2D eigenvalue weighted by molar-refractivity contribution is 6.30. The first-order valence-corrected chi connectivity index (χ1v) is 4.60. The quantitative estimate of drug-likeness (QED) is 0.699. The molecule has 0 unspecified atom stereocenters. The summed E-state index contributed by atoms with van der Waals surface area (Å²) >= 11 is 5.91. The van der Waals surface area contributed by atoms with Crippen LogP contribution in [0.2, 0.25) is 5.15 Å². The van der Waals surface area contributed by atoms with E-state index in [1.807, 2.05) is 19.2 Å². The second kappa shape index (κ2) is 3.00. The van der Waals surface area contributed by atoms with E-state index in [-0.39, 0.29) is 0 Å². The summed E-state index contributed by atoms with van der Waals surface area (Å²) in [4.78, 5) is 4.23. The molecule has 4 heteroatoms. The summed E-state index contributed by atoms with van der Waals surface area (Å²) < 4.78 is 1.79. The number of aromatic nitrogens is 3. The third-order valence-electron chi connectivity index (χ3n) is 2.06. The van der Waals surface area contributed by atoms with Crippen molar-refractivity contribution in [2.75, 3.05) is 0 Å². The Morgan fingerprint density at radius 2 is 2.31 bits per heavy atom. The zero-order valence-corrected chi connectivity index (χ0v) is 8.34. The van der Waals surface area contributed by atoms with Crippen molar-refractivity contribution >= 4 is 17.2 Å². The van der Waals surface area contributed by atoms with Crippen molar-refractivity contribution in [1.82, 2.24) is 14.6 Å². The first-order chi connectivity index (χ1) is 6.22. The molecule has 0 bridgehead atoms.